The van der Waals surface area contributed by atoms with E-state index in [0.29, 0.717) is 37.6 Å². The van der Waals surface area contributed by atoms with Gasteiger partial charge in [-0.15, -0.1) is 5.10 Å². The Morgan fingerprint density at radius 3 is 2.82 bits per heavy atom. The average molecular weight is 383 g/mol. The van der Waals surface area contributed by atoms with E-state index in [-0.39, 0.29) is 24.5 Å². The summed E-state index contributed by atoms with van der Waals surface area (Å²) in [4.78, 5) is 28.0. The van der Waals surface area contributed by atoms with Gasteiger partial charge in [0.05, 0.1) is 18.8 Å². The van der Waals surface area contributed by atoms with Gasteiger partial charge in [0.2, 0.25) is 12.0 Å². The summed E-state index contributed by atoms with van der Waals surface area (Å²) in [5, 5.41) is 8.35. The molecule has 2 saturated heterocycles. The zero-order valence-electron chi connectivity index (χ0n) is 15.4. The largest absolute Gasteiger partial charge is 0.485 e. The molecule has 5 rings (SSSR count). The van der Waals surface area contributed by atoms with Crippen LogP contribution in [0.25, 0.3) is 0 Å². The van der Waals surface area contributed by atoms with Crippen LogP contribution in [0.15, 0.2) is 30.5 Å². The fraction of sp³-hybridized carbons (Fsp3) is 0.474. The van der Waals surface area contributed by atoms with Crippen LogP contribution in [0, 0.1) is 0 Å². The Morgan fingerprint density at radius 2 is 2.04 bits per heavy atom. The number of hydrogen-bond donors (Lipinski definition) is 0. The molecule has 0 radical (unpaired) electrons. The third-order valence-electron chi connectivity index (χ3n) is 5.41. The van der Waals surface area contributed by atoms with Gasteiger partial charge < -0.3 is 19.3 Å². The van der Waals surface area contributed by atoms with E-state index in [1.807, 2.05) is 29.3 Å². The molecule has 146 valence electrons. The first-order chi connectivity index (χ1) is 13.7. The van der Waals surface area contributed by atoms with Crippen molar-refractivity contribution in [1.82, 2.24) is 24.8 Å². The molecule has 0 unspecified atom stereocenters. The van der Waals surface area contributed by atoms with Gasteiger partial charge in [0.15, 0.2) is 11.5 Å². The van der Waals surface area contributed by atoms with Crippen molar-refractivity contribution in [2.75, 3.05) is 26.2 Å². The Kier molecular flexibility index (Phi) is 4.14. The number of para-hydroxylation sites is 2. The molecule has 2 amide bonds. The lowest BCUT2D eigenvalue weighted by Gasteiger charge is -2.41. The monoisotopic (exact) mass is 383 g/mol. The zero-order chi connectivity index (χ0) is 19.1. The molecule has 1 aromatic heterocycles. The number of amides is 2. The van der Waals surface area contributed by atoms with Crippen LogP contribution in [0.3, 0.4) is 0 Å². The fourth-order valence-corrected chi connectivity index (χ4v) is 3.78. The first-order valence-electron chi connectivity index (χ1n) is 9.53. The number of carbonyl (C=O) groups excluding carboxylic acids is 2. The maximum atomic E-state index is 12.7. The normalized spacial score (nSPS) is 21.7. The van der Waals surface area contributed by atoms with E-state index < -0.39 is 6.10 Å². The Labute approximate surface area is 161 Å². The van der Waals surface area contributed by atoms with Crippen molar-refractivity contribution in [2.45, 2.75) is 31.5 Å². The number of nitrogens with zero attached hydrogens (tertiary/aromatic N) is 5. The fourth-order valence-electron chi connectivity index (χ4n) is 3.78. The highest BCUT2D eigenvalue weighted by Gasteiger charge is 2.39. The summed E-state index contributed by atoms with van der Waals surface area (Å²) in [5.74, 6) is 1.36. The molecule has 2 aromatic rings. The van der Waals surface area contributed by atoms with E-state index in [9.17, 15) is 9.59 Å². The molecule has 9 nitrogen and oxygen atoms in total. The summed E-state index contributed by atoms with van der Waals surface area (Å²) in [6.07, 6.45) is 2.77. The molecule has 1 aromatic carbocycles. The second-order valence-corrected chi connectivity index (χ2v) is 7.37. The molecule has 0 N–H and O–H groups in total. The van der Waals surface area contributed by atoms with E-state index in [1.54, 1.807) is 15.6 Å². The first kappa shape index (κ1) is 17.0. The molecule has 3 aliphatic rings. The van der Waals surface area contributed by atoms with Crippen molar-refractivity contribution in [1.29, 1.82) is 0 Å². The molecule has 0 spiro atoms. The second kappa shape index (κ2) is 6.81. The van der Waals surface area contributed by atoms with E-state index in [1.165, 1.54) is 0 Å². The highest BCUT2D eigenvalue weighted by atomic mass is 16.6. The number of benzene rings is 1. The highest BCUT2D eigenvalue weighted by molar-refractivity contribution is 5.82. The molecular formula is C19H21N5O4. The van der Waals surface area contributed by atoms with Gasteiger partial charge in [-0.25, -0.2) is 4.68 Å². The number of ether oxygens (including phenoxy) is 2. The van der Waals surface area contributed by atoms with Crippen LogP contribution >= 0.6 is 0 Å². The summed E-state index contributed by atoms with van der Waals surface area (Å²) in [5.41, 5.74) is 0.778. The standard InChI is InChI=1S/C19H21N5O4/c25-18-6-3-7-22(18)8-13-9-24(21-20-13)14-10-23(11-14)19(26)17-12-27-15-4-1-2-5-16(15)28-17/h1-2,4-5,9,14,17H,3,6-8,10-12H2/t17-/m1/s1. The van der Waals surface area contributed by atoms with Gasteiger partial charge in [0, 0.05) is 26.1 Å². The Hall–Kier alpha value is -3.10. The van der Waals surface area contributed by atoms with Crippen LogP contribution in [0.2, 0.25) is 0 Å². The molecule has 3 aliphatic heterocycles. The summed E-state index contributed by atoms with van der Waals surface area (Å²) in [7, 11) is 0. The van der Waals surface area contributed by atoms with Crippen molar-refractivity contribution in [2.24, 2.45) is 0 Å². The SMILES string of the molecule is O=C1CCCN1Cc1cn(C2CN(C(=O)[C@H]3COc4ccccc4O3)C2)nn1. The number of carbonyl (C=O) groups is 2. The maximum absolute atomic E-state index is 12.7. The smallest absolute Gasteiger partial charge is 0.267 e. The number of aromatic nitrogens is 3. The molecule has 0 bridgehead atoms. The number of rotatable bonds is 4. The van der Waals surface area contributed by atoms with E-state index in [4.69, 9.17) is 9.47 Å². The summed E-state index contributed by atoms with van der Waals surface area (Å²) in [6.45, 7) is 2.62. The molecule has 2 fully saturated rings. The van der Waals surface area contributed by atoms with Crippen molar-refractivity contribution in [3.8, 4) is 11.5 Å². The van der Waals surface area contributed by atoms with Crippen molar-refractivity contribution < 1.29 is 19.1 Å². The minimum Gasteiger partial charge on any atom is -0.485 e. The van der Waals surface area contributed by atoms with Crippen LogP contribution < -0.4 is 9.47 Å². The van der Waals surface area contributed by atoms with Gasteiger partial charge in [-0.05, 0) is 18.6 Å². The van der Waals surface area contributed by atoms with E-state index in [2.05, 4.69) is 10.3 Å². The van der Waals surface area contributed by atoms with E-state index in [0.717, 1.165) is 18.7 Å². The van der Waals surface area contributed by atoms with Crippen LogP contribution in [0.4, 0.5) is 0 Å². The molecular weight excluding hydrogens is 362 g/mol. The molecule has 28 heavy (non-hydrogen) atoms. The van der Waals surface area contributed by atoms with Crippen molar-refractivity contribution in [3.05, 3.63) is 36.2 Å². The summed E-state index contributed by atoms with van der Waals surface area (Å²) in [6, 6.07) is 7.45. The Morgan fingerprint density at radius 1 is 1.21 bits per heavy atom. The summed E-state index contributed by atoms with van der Waals surface area (Å²) >= 11 is 0. The second-order valence-electron chi connectivity index (χ2n) is 7.37. The quantitative estimate of drug-likeness (QED) is 0.769. The van der Waals surface area contributed by atoms with Gasteiger partial charge in [0.25, 0.3) is 5.91 Å². The molecule has 0 aliphatic carbocycles. The van der Waals surface area contributed by atoms with Crippen LogP contribution in [-0.2, 0) is 16.1 Å². The molecule has 9 heteroatoms. The molecule has 1 atom stereocenters. The predicted octanol–water partition coefficient (Wildman–Crippen LogP) is 0.624. The summed E-state index contributed by atoms with van der Waals surface area (Å²) < 4.78 is 13.2. The number of hydrogen-bond acceptors (Lipinski definition) is 6. The average Bonchev–Trinajstić information content (AvgIpc) is 3.30. The maximum Gasteiger partial charge on any atom is 0.267 e. The van der Waals surface area contributed by atoms with Crippen LogP contribution in [-0.4, -0.2) is 69.0 Å². The van der Waals surface area contributed by atoms with Crippen molar-refractivity contribution >= 4 is 11.8 Å². The topological polar surface area (TPSA) is 89.8 Å². The zero-order valence-corrected chi connectivity index (χ0v) is 15.4. The van der Waals surface area contributed by atoms with E-state index >= 15 is 0 Å². The van der Waals surface area contributed by atoms with Crippen molar-refractivity contribution in [3.63, 3.8) is 0 Å². The van der Waals surface area contributed by atoms with Gasteiger partial charge in [-0.1, -0.05) is 17.3 Å². The van der Waals surface area contributed by atoms with Gasteiger partial charge >= 0.3 is 0 Å². The lowest BCUT2D eigenvalue weighted by Crippen LogP contribution is -2.56. The van der Waals surface area contributed by atoms with Gasteiger partial charge in [-0.2, -0.15) is 0 Å². The lowest BCUT2D eigenvalue weighted by atomic mass is 10.1. The minimum atomic E-state index is -0.622. The molecule has 0 saturated carbocycles. The minimum absolute atomic E-state index is 0.0752. The van der Waals surface area contributed by atoms with Crippen LogP contribution in [0.1, 0.15) is 24.6 Å². The van der Waals surface area contributed by atoms with Crippen LogP contribution in [0.5, 0.6) is 11.5 Å². The van der Waals surface area contributed by atoms with Gasteiger partial charge in [0.1, 0.15) is 12.3 Å². The van der Waals surface area contributed by atoms with Gasteiger partial charge in [-0.3, -0.25) is 9.59 Å². The third kappa shape index (κ3) is 3.06. The number of likely N-dealkylation sites (tertiary alicyclic amines) is 2. The first-order valence-corrected chi connectivity index (χ1v) is 9.53. The Bertz CT molecular complexity index is 907. The Balaban J connectivity index is 1.16. The molecule has 4 heterocycles. The number of fused-ring (bicyclic) bond motifs is 1. The lowest BCUT2D eigenvalue weighted by molar-refractivity contribution is -0.147. The predicted molar refractivity (Wildman–Crippen MR) is 96.6 cm³/mol. The highest BCUT2D eigenvalue weighted by Crippen LogP contribution is 2.32. The third-order valence-corrected chi connectivity index (χ3v) is 5.41.